The van der Waals surface area contributed by atoms with Gasteiger partial charge in [-0.15, -0.1) is 0 Å². The molecule has 5 nitrogen and oxygen atoms in total. The van der Waals surface area contributed by atoms with Crippen molar-refractivity contribution in [2.45, 2.75) is 31.4 Å². The lowest BCUT2D eigenvalue weighted by atomic mass is 10.0. The zero-order valence-electron chi connectivity index (χ0n) is 13.3. The van der Waals surface area contributed by atoms with E-state index in [1.54, 1.807) is 25.3 Å². The number of cyclic esters (lactones) is 1. The third kappa shape index (κ3) is 2.53. The van der Waals surface area contributed by atoms with Crippen LogP contribution in [-0.4, -0.2) is 23.7 Å². The number of nitrogens with two attached hydrogens (primary N) is 1. The third-order valence-corrected chi connectivity index (χ3v) is 4.60. The highest BCUT2D eigenvalue weighted by molar-refractivity contribution is 5.90. The average Bonchev–Trinajstić information content (AvgIpc) is 3.22. The van der Waals surface area contributed by atoms with Crippen molar-refractivity contribution in [2.75, 3.05) is 11.4 Å². The van der Waals surface area contributed by atoms with E-state index in [-0.39, 0.29) is 11.6 Å². The van der Waals surface area contributed by atoms with Crippen LogP contribution in [0.3, 0.4) is 0 Å². The molecule has 0 spiro atoms. The number of nitrogens with zero attached hydrogens (tertiary/aromatic N) is 2. The summed E-state index contributed by atoms with van der Waals surface area (Å²) in [5, 5.41) is 0. The van der Waals surface area contributed by atoms with Crippen molar-refractivity contribution < 1.29 is 13.9 Å². The van der Waals surface area contributed by atoms with Crippen molar-refractivity contribution >= 4 is 11.8 Å². The van der Waals surface area contributed by atoms with E-state index in [0.717, 1.165) is 18.5 Å². The first-order chi connectivity index (χ1) is 11.5. The zero-order valence-corrected chi connectivity index (χ0v) is 13.3. The minimum Gasteiger partial charge on any atom is -0.444 e. The lowest BCUT2D eigenvalue weighted by Gasteiger charge is -2.14. The van der Waals surface area contributed by atoms with E-state index < -0.39 is 11.9 Å². The Balaban J connectivity index is 1.61. The van der Waals surface area contributed by atoms with E-state index in [1.165, 1.54) is 11.0 Å². The molecule has 1 aliphatic carbocycles. The molecule has 1 aromatic heterocycles. The van der Waals surface area contributed by atoms with Gasteiger partial charge in [-0.05, 0) is 44.0 Å². The van der Waals surface area contributed by atoms with E-state index in [2.05, 4.69) is 4.98 Å². The SMILES string of the molecule is CC1CN(c2ccc(-c3ccc(C4(N)CC4)nc3)c(F)c2)C(=O)O1. The monoisotopic (exact) mass is 327 g/mol. The molecule has 0 radical (unpaired) electrons. The van der Waals surface area contributed by atoms with Crippen LogP contribution in [0.15, 0.2) is 36.5 Å². The van der Waals surface area contributed by atoms with Gasteiger partial charge in [0.1, 0.15) is 11.9 Å². The highest BCUT2D eigenvalue weighted by Crippen LogP contribution is 2.41. The van der Waals surface area contributed by atoms with Crippen molar-refractivity contribution in [2.24, 2.45) is 5.73 Å². The molecule has 124 valence electrons. The summed E-state index contributed by atoms with van der Waals surface area (Å²) >= 11 is 0. The summed E-state index contributed by atoms with van der Waals surface area (Å²) in [6.07, 6.45) is 2.88. The maximum Gasteiger partial charge on any atom is 0.414 e. The van der Waals surface area contributed by atoms with Crippen LogP contribution in [-0.2, 0) is 10.3 Å². The number of hydrogen-bond donors (Lipinski definition) is 1. The number of amides is 1. The van der Waals surface area contributed by atoms with Crippen LogP contribution in [0.25, 0.3) is 11.1 Å². The molecule has 2 fully saturated rings. The minimum absolute atomic E-state index is 0.192. The standard InChI is InChI=1S/C18H18FN3O2/c1-11-10-22(17(23)24-11)13-3-4-14(15(19)8-13)12-2-5-16(21-9-12)18(20)6-7-18/h2-5,8-9,11H,6-7,10,20H2,1H3. The van der Waals surface area contributed by atoms with E-state index in [0.29, 0.717) is 23.4 Å². The van der Waals surface area contributed by atoms with Gasteiger partial charge in [0.05, 0.1) is 23.5 Å². The van der Waals surface area contributed by atoms with Gasteiger partial charge in [-0.1, -0.05) is 6.07 Å². The van der Waals surface area contributed by atoms with E-state index in [9.17, 15) is 9.18 Å². The second-order valence-corrected chi connectivity index (χ2v) is 6.56. The van der Waals surface area contributed by atoms with Crippen molar-refractivity contribution in [1.29, 1.82) is 0 Å². The number of hydrogen-bond acceptors (Lipinski definition) is 4. The molecular formula is C18H18FN3O2. The summed E-state index contributed by atoms with van der Waals surface area (Å²) in [4.78, 5) is 17.6. The summed E-state index contributed by atoms with van der Waals surface area (Å²) in [5.41, 5.74) is 8.29. The molecule has 24 heavy (non-hydrogen) atoms. The van der Waals surface area contributed by atoms with Crippen LogP contribution in [0.5, 0.6) is 0 Å². The van der Waals surface area contributed by atoms with Gasteiger partial charge in [-0.25, -0.2) is 9.18 Å². The van der Waals surface area contributed by atoms with Gasteiger partial charge < -0.3 is 10.5 Å². The maximum absolute atomic E-state index is 14.5. The second kappa shape index (κ2) is 5.27. The Morgan fingerprint density at radius 2 is 2.12 bits per heavy atom. The lowest BCUT2D eigenvalue weighted by Crippen LogP contribution is -2.24. The Morgan fingerprint density at radius 1 is 1.33 bits per heavy atom. The number of rotatable bonds is 3. The molecule has 1 aliphatic heterocycles. The van der Waals surface area contributed by atoms with Crippen LogP contribution in [0.2, 0.25) is 0 Å². The predicted octanol–water partition coefficient (Wildman–Crippen LogP) is 3.18. The highest BCUT2D eigenvalue weighted by atomic mass is 19.1. The number of carbonyl (C=O) groups excluding carboxylic acids is 1. The van der Waals surface area contributed by atoms with Crippen LogP contribution in [0, 0.1) is 5.82 Å². The molecule has 6 heteroatoms. The van der Waals surface area contributed by atoms with E-state index in [4.69, 9.17) is 10.5 Å². The molecular weight excluding hydrogens is 309 g/mol. The number of anilines is 1. The first-order valence-electron chi connectivity index (χ1n) is 8.00. The van der Waals surface area contributed by atoms with Crippen LogP contribution < -0.4 is 10.6 Å². The van der Waals surface area contributed by atoms with E-state index >= 15 is 0 Å². The molecule has 1 unspecified atom stereocenters. The van der Waals surface area contributed by atoms with Gasteiger partial charge in [-0.3, -0.25) is 9.88 Å². The van der Waals surface area contributed by atoms with Crippen molar-refractivity contribution in [3.05, 3.63) is 48.0 Å². The molecule has 0 bridgehead atoms. The van der Waals surface area contributed by atoms with Gasteiger partial charge in [0, 0.05) is 17.3 Å². The van der Waals surface area contributed by atoms with Crippen LogP contribution >= 0.6 is 0 Å². The Labute approximate surface area is 139 Å². The maximum atomic E-state index is 14.5. The van der Waals surface area contributed by atoms with Gasteiger partial charge in [0.15, 0.2) is 0 Å². The summed E-state index contributed by atoms with van der Waals surface area (Å²) in [7, 11) is 0. The first kappa shape index (κ1) is 15.1. The largest absolute Gasteiger partial charge is 0.444 e. The number of pyridine rings is 1. The molecule has 1 atom stereocenters. The smallest absolute Gasteiger partial charge is 0.414 e. The van der Waals surface area contributed by atoms with Gasteiger partial charge in [0.2, 0.25) is 0 Å². The molecule has 4 rings (SSSR count). The Kier molecular flexibility index (Phi) is 3.31. The predicted molar refractivity (Wildman–Crippen MR) is 88.0 cm³/mol. The summed E-state index contributed by atoms with van der Waals surface area (Å²) < 4.78 is 19.6. The molecule has 1 amide bonds. The van der Waals surface area contributed by atoms with Crippen LogP contribution in [0.1, 0.15) is 25.5 Å². The number of ether oxygens (including phenoxy) is 1. The molecule has 1 aromatic carbocycles. The molecule has 1 saturated carbocycles. The zero-order chi connectivity index (χ0) is 16.9. The summed E-state index contributed by atoms with van der Waals surface area (Å²) in [5.74, 6) is -0.400. The lowest BCUT2D eigenvalue weighted by molar-refractivity contribution is 0.150. The van der Waals surface area contributed by atoms with Gasteiger partial charge in [-0.2, -0.15) is 0 Å². The fourth-order valence-electron chi connectivity index (χ4n) is 2.96. The fourth-order valence-corrected chi connectivity index (χ4v) is 2.96. The first-order valence-corrected chi connectivity index (χ1v) is 8.00. The number of aromatic nitrogens is 1. The number of carbonyl (C=O) groups is 1. The topological polar surface area (TPSA) is 68.5 Å². The number of benzene rings is 1. The normalized spacial score (nSPS) is 21.7. The summed E-state index contributed by atoms with van der Waals surface area (Å²) in [6, 6.07) is 8.42. The fraction of sp³-hybridized carbons (Fsp3) is 0.333. The Hall–Kier alpha value is -2.47. The molecule has 2 aromatic rings. The summed E-state index contributed by atoms with van der Waals surface area (Å²) in [6.45, 7) is 2.23. The van der Waals surface area contributed by atoms with Gasteiger partial charge >= 0.3 is 6.09 Å². The molecule has 1 saturated heterocycles. The number of halogens is 1. The minimum atomic E-state index is -0.446. The molecule has 2 heterocycles. The van der Waals surface area contributed by atoms with Gasteiger partial charge in [0.25, 0.3) is 0 Å². The van der Waals surface area contributed by atoms with Crippen molar-refractivity contribution in [3.63, 3.8) is 0 Å². The van der Waals surface area contributed by atoms with Crippen molar-refractivity contribution in [1.82, 2.24) is 4.98 Å². The molecule has 2 aliphatic rings. The second-order valence-electron chi connectivity index (χ2n) is 6.56. The highest BCUT2D eigenvalue weighted by Gasteiger charge is 2.41. The Morgan fingerprint density at radius 3 is 2.67 bits per heavy atom. The quantitative estimate of drug-likeness (QED) is 0.940. The molecule has 2 N–H and O–H groups in total. The van der Waals surface area contributed by atoms with Crippen molar-refractivity contribution in [3.8, 4) is 11.1 Å². The van der Waals surface area contributed by atoms with Crippen LogP contribution in [0.4, 0.5) is 14.9 Å². The Bertz CT molecular complexity index is 802. The third-order valence-electron chi connectivity index (χ3n) is 4.60. The van der Waals surface area contributed by atoms with E-state index in [1.807, 2.05) is 12.1 Å². The average molecular weight is 327 g/mol.